The molecule has 0 radical (unpaired) electrons. The zero-order chi connectivity index (χ0) is 24.2. The monoisotopic (exact) mass is 469 g/mol. The van der Waals surface area contributed by atoms with Crippen LogP contribution in [0.1, 0.15) is 16.9 Å². The first-order chi connectivity index (χ1) is 15.5. The minimum atomic E-state index is -5.08. The third kappa shape index (κ3) is 5.23. The number of carbonyl (C=O) groups is 3. The van der Waals surface area contributed by atoms with Crippen molar-refractivity contribution in [2.24, 2.45) is 18.4 Å². The van der Waals surface area contributed by atoms with Gasteiger partial charge in [-0.05, 0) is 18.6 Å². The highest BCUT2D eigenvalue weighted by molar-refractivity contribution is 5.94. The van der Waals surface area contributed by atoms with Gasteiger partial charge in [0.05, 0.1) is 12.0 Å². The van der Waals surface area contributed by atoms with Crippen molar-refractivity contribution in [3.05, 3.63) is 42.4 Å². The van der Waals surface area contributed by atoms with Crippen molar-refractivity contribution in [2.75, 3.05) is 26.2 Å². The highest BCUT2D eigenvalue weighted by Crippen LogP contribution is 2.42. The topological polar surface area (TPSA) is 127 Å². The van der Waals surface area contributed by atoms with Crippen molar-refractivity contribution in [1.29, 1.82) is 0 Å². The summed E-state index contributed by atoms with van der Waals surface area (Å²) in [5.41, 5.74) is -0.0648. The van der Waals surface area contributed by atoms with Gasteiger partial charge in [0.25, 0.3) is 5.91 Å². The molecule has 2 saturated heterocycles. The molecule has 2 aromatic rings. The number of aryl methyl sites for hydroxylation is 1. The number of amides is 2. The summed E-state index contributed by atoms with van der Waals surface area (Å²) in [7, 11) is 1.74. The Balaban J connectivity index is 0.000000383. The fourth-order valence-corrected chi connectivity index (χ4v) is 3.88. The van der Waals surface area contributed by atoms with E-state index in [4.69, 9.17) is 14.6 Å². The summed E-state index contributed by atoms with van der Waals surface area (Å²) >= 11 is 0. The first kappa shape index (κ1) is 24.0. The molecule has 2 atom stereocenters. The zero-order valence-electron chi connectivity index (χ0n) is 17.6. The lowest BCUT2D eigenvalue weighted by molar-refractivity contribution is -0.192. The molecule has 2 amide bonds. The molecule has 178 valence electrons. The average Bonchev–Trinajstić information content (AvgIpc) is 3.48. The van der Waals surface area contributed by atoms with Gasteiger partial charge in [0.2, 0.25) is 11.8 Å². The smallest absolute Gasteiger partial charge is 0.477 e. The maximum atomic E-state index is 12.8. The summed E-state index contributed by atoms with van der Waals surface area (Å²) < 4.78 is 39.1. The lowest BCUT2D eigenvalue weighted by Gasteiger charge is -2.27. The third-order valence-corrected chi connectivity index (χ3v) is 5.68. The number of hydrogen-bond acceptors (Lipinski definition) is 6. The molecule has 2 N–H and O–H groups in total. The van der Waals surface area contributed by atoms with E-state index in [-0.39, 0.29) is 17.7 Å². The van der Waals surface area contributed by atoms with Crippen molar-refractivity contribution in [3.63, 3.8) is 0 Å². The Morgan fingerprint density at radius 1 is 1.30 bits per heavy atom. The second-order valence-corrected chi connectivity index (χ2v) is 7.66. The van der Waals surface area contributed by atoms with Crippen LogP contribution in [0.25, 0.3) is 0 Å². The molecule has 4 rings (SSSR count). The van der Waals surface area contributed by atoms with E-state index in [1.165, 1.54) is 0 Å². The summed E-state index contributed by atoms with van der Waals surface area (Å²) in [5.74, 6) is -2.30. The van der Waals surface area contributed by atoms with Crippen molar-refractivity contribution < 1.29 is 37.4 Å². The highest BCUT2D eigenvalue weighted by atomic mass is 19.4. The van der Waals surface area contributed by atoms with Crippen LogP contribution in [-0.2, 0) is 16.6 Å². The number of ether oxygens (including phenoxy) is 1. The molecule has 4 heterocycles. The maximum Gasteiger partial charge on any atom is 0.490 e. The van der Waals surface area contributed by atoms with Gasteiger partial charge in [-0.1, -0.05) is 6.07 Å². The van der Waals surface area contributed by atoms with E-state index in [2.05, 4.69) is 15.4 Å². The molecule has 2 fully saturated rings. The summed E-state index contributed by atoms with van der Waals surface area (Å²) in [6.45, 7) is 1.90. The van der Waals surface area contributed by atoms with Gasteiger partial charge in [-0.15, -0.1) is 0 Å². The van der Waals surface area contributed by atoms with Gasteiger partial charge in [-0.2, -0.15) is 18.3 Å². The van der Waals surface area contributed by atoms with Crippen molar-refractivity contribution >= 4 is 17.8 Å². The Bertz CT molecular complexity index is 1010. The van der Waals surface area contributed by atoms with E-state index < -0.39 is 17.6 Å². The first-order valence-corrected chi connectivity index (χ1v) is 9.94. The van der Waals surface area contributed by atoms with E-state index in [9.17, 15) is 22.8 Å². The Morgan fingerprint density at radius 2 is 2.03 bits per heavy atom. The number of hydrogen-bond donors (Lipinski definition) is 2. The molecule has 0 aliphatic carbocycles. The van der Waals surface area contributed by atoms with Crippen LogP contribution in [-0.4, -0.2) is 75.0 Å². The minimum Gasteiger partial charge on any atom is -0.477 e. The third-order valence-electron chi connectivity index (χ3n) is 5.68. The standard InChI is InChI=1S/C18H21N5O3.C2HF3O2/c1-22-14(5-8-21-22)16(24)23-9-6-18(12-23)13(10-20-17(18)25)11-26-15-4-2-3-7-19-15;3-2(4,5)1(6)7/h2-5,7-8,13H,6,9-12H2,1H3,(H,20,25);(H,6,7)/t13-,18-;/m1./s1. The number of alkyl halides is 3. The number of aliphatic carboxylic acids is 1. The molecule has 1 spiro atoms. The number of halogens is 3. The molecule has 0 aromatic carbocycles. The molecule has 33 heavy (non-hydrogen) atoms. The van der Waals surface area contributed by atoms with Gasteiger partial charge in [0.1, 0.15) is 5.69 Å². The fraction of sp³-hybridized carbons (Fsp3) is 0.450. The van der Waals surface area contributed by atoms with Gasteiger partial charge in [-0.3, -0.25) is 14.3 Å². The molecule has 2 aliphatic heterocycles. The number of nitrogens with zero attached hydrogens (tertiary/aromatic N) is 4. The van der Waals surface area contributed by atoms with Gasteiger partial charge in [-0.25, -0.2) is 9.78 Å². The fourth-order valence-electron chi connectivity index (χ4n) is 3.88. The van der Waals surface area contributed by atoms with Crippen LogP contribution in [0.5, 0.6) is 5.88 Å². The summed E-state index contributed by atoms with van der Waals surface area (Å²) in [6.07, 6.45) is -1.17. The van der Waals surface area contributed by atoms with E-state index in [0.717, 1.165) is 0 Å². The van der Waals surface area contributed by atoms with Crippen LogP contribution in [0.2, 0.25) is 0 Å². The normalized spacial score (nSPS) is 22.0. The Kier molecular flexibility index (Phi) is 6.89. The van der Waals surface area contributed by atoms with Gasteiger partial charge in [0, 0.05) is 51.1 Å². The van der Waals surface area contributed by atoms with Crippen LogP contribution in [0.15, 0.2) is 36.7 Å². The summed E-state index contributed by atoms with van der Waals surface area (Å²) in [5, 5.41) is 14.1. The largest absolute Gasteiger partial charge is 0.490 e. The predicted molar refractivity (Wildman–Crippen MR) is 106 cm³/mol. The van der Waals surface area contributed by atoms with Crippen LogP contribution in [0.3, 0.4) is 0 Å². The lowest BCUT2D eigenvalue weighted by Crippen LogP contribution is -2.41. The highest BCUT2D eigenvalue weighted by Gasteiger charge is 2.55. The second-order valence-electron chi connectivity index (χ2n) is 7.66. The Hall–Kier alpha value is -3.64. The molecule has 0 saturated carbocycles. The van der Waals surface area contributed by atoms with E-state index >= 15 is 0 Å². The number of rotatable bonds is 4. The van der Waals surface area contributed by atoms with E-state index in [0.29, 0.717) is 44.2 Å². The number of aromatic nitrogens is 3. The van der Waals surface area contributed by atoms with Crippen molar-refractivity contribution in [2.45, 2.75) is 12.6 Å². The minimum absolute atomic E-state index is 0.00124. The predicted octanol–water partition coefficient (Wildman–Crippen LogP) is 1.11. The van der Waals surface area contributed by atoms with Crippen LogP contribution >= 0.6 is 0 Å². The lowest BCUT2D eigenvalue weighted by atomic mass is 9.77. The van der Waals surface area contributed by atoms with Crippen LogP contribution < -0.4 is 10.1 Å². The second kappa shape index (κ2) is 9.46. The quantitative estimate of drug-likeness (QED) is 0.687. The SMILES string of the molecule is Cn1nccc1C(=O)N1CC[C@]2(C1)C(=O)NC[C@@H]2COc1ccccn1.O=C(O)C(F)(F)F. The molecule has 10 nitrogen and oxygen atoms in total. The van der Waals surface area contributed by atoms with E-state index in [1.807, 2.05) is 12.1 Å². The molecule has 0 unspecified atom stereocenters. The molecular weight excluding hydrogens is 447 g/mol. The van der Waals surface area contributed by atoms with Gasteiger partial charge >= 0.3 is 12.1 Å². The summed E-state index contributed by atoms with van der Waals surface area (Å²) in [4.78, 5) is 40.2. The number of carboxylic acid groups (broad SMARTS) is 1. The molecule has 2 aliphatic rings. The Labute approximate surface area is 186 Å². The van der Waals surface area contributed by atoms with Crippen LogP contribution in [0, 0.1) is 11.3 Å². The van der Waals surface area contributed by atoms with Gasteiger partial charge < -0.3 is 20.1 Å². The number of pyridine rings is 1. The molecule has 2 aromatic heterocycles. The number of carboxylic acids is 1. The molecule has 13 heteroatoms. The number of carbonyl (C=O) groups excluding carboxylic acids is 2. The van der Waals surface area contributed by atoms with E-state index in [1.54, 1.807) is 41.2 Å². The number of likely N-dealkylation sites (tertiary alicyclic amines) is 1. The molecule has 0 bridgehead atoms. The average molecular weight is 469 g/mol. The van der Waals surface area contributed by atoms with Crippen molar-refractivity contribution in [3.8, 4) is 5.88 Å². The van der Waals surface area contributed by atoms with Crippen LogP contribution in [0.4, 0.5) is 13.2 Å². The summed E-state index contributed by atoms with van der Waals surface area (Å²) in [6, 6.07) is 7.18. The zero-order valence-corrected chi connectivity index (χ0v) is 17.6. The Morgan fingerprint density at radius 3 is 2.61 bits per heavy atom. The number of nitrogens with one attached hydrogen (secondary N) is 1. The van der Waals surface area contributed by atoms with Gasteiger partial charge in [0.15, 0.2) is 0 Å². The maximum absolute atomic E-state index is 12.8. The van der Waals surface area contributed by atoms with Crippen molar-refractivity contribution in [1.82, 2.24) is 25.0 Å². The first-order valence-electron chi connectivity index (χ1n) is 9.94. The molecular formula is C20H22F3N5O5.